The summed E-state index contributed by atoms with van der Waals surface area (Å²) in [7, 11) is 0. The van der Waals surface area contributed by atoms with E-state index in [0.717, 1.165) is 61.1 Å². The van der Waals surface area contributed by atoms with Gasteiger partial charge < -0.3 is 19.9 Å². The van der Waals surface area contributed by atoms with Gasteiger partial charge in [0.1, 0.15) is 17.6 Å². The van der Waals surface area contributed by atoms with E-state index in [-0.39, 0.29) is 23.9 Å². The first-order valence-corrected chi connectivity index (χ1v) is 16.7. The molecular weight excluding hydrogens is 596 g/mol. The van der Waals surface area contributed by atoms with Gasteiger partial charge in [-0.3, -0.25) is 9.20 Å². The standard InChI is InChI=1S/C34H41F2N5O3S/c1-34(2,3)44-33(43)40-16-5-4-7-28(40)22-8-10-25(26(36)19-22)27-21-41-29-11-9-23(20-30(29)45-32(41)38-27)31(42)37-14-6-15-39-17-12-24(35)13-18-39/h8-11,19-21,24,28H,4-7,12-18H2,1-3H3,(H,37,42). The first-order chi connectivity index (χ1) is 21.6. The van der Waals surface area contributed by atoms with Crippen LogP contribution >= 0.6 is 11.3 Å². The Morgan fingerprint density at radius 3 is 2.62 bits per heavy atom. The smallest absolute Gasteiger partial charge is 0.410 e. The van der Waals surface area contributed by atoms with Crippen molar-refractivity contribution in [1.29, 1.82) is 0 Å². The molecule has 2 saturated heterocycles. The Bertz CT molecular complexity index is 1690. The maximum Gasteiger partial charge on any atom is 0.410 e. The van der Waals surface area contributed by atoms with Crippen LogP contribution in [0.4, 0.5) is 13.6 Å². The number of aromatic nitrogens is 2. The largest absolute Gasteiger partial charge is 0.444 e. The summed E-state index contributed by atoms with van der Waals surface area (Å²) in [5, 5.41) is 3.00. The molecule has 4 aromatic rings. The summed E-state index contributed by atoms with van der Waals surface area (Å²) >= 11 is 1.45. The van der Waals surface area contributed by atoms with E-state index in [1.54, 1.807) is 17.0 Å². The molecule has 8 nitrogen and oxygen atoms in total. The fraction of sp³-hybridized carbons (Fsp3) is 0.500. The van der Waals surface area contributed by atoms with Crippen molar-refractivity contribution in [2.45, 2.75) is 77.1 Å². The zero-order valence-electron chi connectivity index (χ0n) is 26.2. The Morgan fingerprint density at radius 2 is 1.87 bits per heavy atom. The van der Waals surface area contributed by atoms with Gasteiger partial charge in [-0.1, -0.05) is 17.4 Å². The molecule has 2 amide bonds. The number of hydrogen-bond acceptors (Lipinski definition) is 6. The van der Waals surface area contributed by atoms with E-state index in [1.807, 2.05) is 49.6 Å². The van der Waals surface area contributed by atoms with Crippen molar-refractivity contribution in [1.82, 2.24) is 24.5 Å². The Hall–Kier alpha value is -3.57. The monoisotopic (exact) mass is 637 g/mol. The second-order valence-electron chi connectivity index (χ2n) is 13.1. The summed E-state index contributed by atoms with van der Waals surface area (Å²) in [4.78, 5) is 35.1. The summed E-state index contributed by atoms with van der Waals surface area (Å²) in [6, 6.07) is 10.5. The molecule has 4 heterocycles. The molecule has 45 heavy (non-hydrogen) atoms. The SMILES string of the molecule is CC(C)(C)OC(=O)N1CCCCC1c1ccc(-c2cn3c(n2)sc2cc(C(=O)NCCCN4CCC(F)CC4)ccc23)c(F)c1. The second-order valence-corrected chi connectivity index (χ2v) is 14.1. The van der Waals surface area contributed by atoms with Crippen LogP contribution in [0.5, 0.6) is 0 Å². The van der Waals surface area contributed by atoms with E-state index in [4.69, 9.17) is 9.72 Å². The van der Waals surface area contributed by atoms with Crippen LogP contribution in [0.1, 0.15) is 81.3 Å². The van der Waals surface area contributed by atoms with Gasteiger partial charge in [0.2, 0.25) is 0 Å². The Balaban J connectivity index is 1.13. The van der Waals surface area contributed by atoms with E-state index < -0.39 is 11.8 Å². The number of fused-ring (bicyclic) bond motifs is 3. The van der Waals surface area contributed by atoms with Crippen molar-refractivity contribution < 1.29 is 23.1 Å². The molecule has 0 spiro atoms. The molecule has 240 valence electrons. The van der Waals surface area contributed by atoms with Crippen molar-refractivity contribution in [2.75, 3.05) is 32.7 Å². The number of carbonyl (C=O) groups is 2. The number of hydrogen-bond donors (Lipinski definition) is 1. The molecule has 11 heteroatoms. The molecule has 1 unspecified atom stereocenters. The number of likely N-dealkylation sites (tertiary alicyclic amines) is 2. The molecular formula is C34H41F2N5O3S. The lowest BCUT2D eigenvalue weighted by atomic mass is 9.94. The summed E-state index contributed by atoms with van der Waals surface area (Å²) in [6.45, 7) is 9.09. The molecule has 0 aliphatic carbocycles. The molecule has 0 radical (unpaired) electrons. The highest BCUT2D eigenvalue weighted by atomic mass is 32.1. The van der Waals surface area contributed by atoms with E-state index >= 15 is 4.39 Å². The van der Waals surface area contributed by atoms with Gasteiger partial charge in [-0.05, 0) is 102 Å². The van der Waals surface area contributed by atoms with Gasteiger partial charge in [0.25, 0.3) is 5.91 Å². The number of carbonyl (C=O) groups excluding carboxylic acids is 2. The number of nitrogens with zero attached hydrogens (tertiary/aromatic N) is 4. The highest BCUT2D eigenvalue weighted by Gasteiger charge is 2.32. The average molecular weight is 638 g/mol. The Labute approximate surface area is 266 Å². The van der Waals surface area contributed by atoms with Crippen LogP contribution in [0.25, 0.3) is 26.4 Å². The lowest BCUT2D eigenvalue weighted by molar-refractivity contribution is 0.00946. The number of piperidine rings is 2. The molecule has 0 bridgehead atoms. The Morgan fingerprint density at radius 1 is 1.07 bits per heavy atom. The van der Waals surface area contributed by atoms with Crippen molar-refractivity contribution in [2.24, 2.45) is 0 Å². The molecule has 2 aromatic carbocycles. The van der Waals surface area contributed by atoms with Crippen molar-refractivity contribution in [3.8, 4) is 11.3 Å². The minimum absolute atomic E-state index is 0.128. The molecule has 2 fully saturated rings. The zero-order valence-corrected chi connectivity index (χ0v) is 27.0. The van der Waals surface area contributed by atoms with Crippen LogP contribution in [0.15, 0.2) is 42.6 Å². The van der Waals surface area contributed by atoms with Gasteiger partial charge in [0.15, 0.2) is 4.96 Å². The van der Waals surface area contributed by atoms with Crippen LogP contribution in [-0.4, -0.2) is 75.7 Å². The van der Waals surface area contributed by atoms with E-state index in [2.05, 4.69) is 10.2 Å². The predicted molar refractivity (Wildman–Crippen MR) is 173 cm³/mol. The van der Waals surface area contributed by atoms with E-state index in [0.29, 0.717) is 47.7 Å². The average Bonchev–Trinajstić information content (AvgIpc) is 3.57. The molecule has 0 saturated carbocycles. The molecule has 1 N–H and O–H groups in total. The fourth-order valence-corrected chi connectivity index (χ4v) is 7.31. The predicted octanol–water partition coefficient (Wildman–Crippen LogP) is 7.37. The fourth-order valence-electron chi connectivity index (χ4n) is 6.27. The number of nitrogens with one attached hydrogen (secondary N) is 1. The number of halogens is 2. The number of rotatable bonds is 7. The lowest BCUT2D eigenvalue weighted by Crippen LogP contribution is -2.41. The highest BCUT2D eigenvalue weighted by molar-refractivity contribution is 7.23. The Kier molecular flexibility index (Phi) is 9.10. The van der Waals surface area contributed by atoms with Gasteiger partial charge in [-0.2, -0.15) is 0 Å². The van der Waals surface area contributed by atoms with Crippen LogP contribution < -0.4 is 5.32 Å². The summed E-state index contributed by atoms with van der Waals surface area (Å²) in [6.07, 6.45) is 5.39. The summed E-state index contributed by atoms with van der Waals surface area (Å²) in [5.41, 5.74) is 2.55. The third-order valence-electron chi connectivity index (χ3n) is 8.59. The highest BCUT2D eigenvalue weighted by Crippen LogP contribution is 2.36. The number of benzene rings is 2. The maximum atomic E-state index is 15.6. The summed E-state index contributed by atoms with van der Waals surface area (Å²) in [5.74, 6) is -0.514. The van der Waals surface area contributed by atoms with E-state index in [9.17, 15) is 14.0 Å². The quantitative estimate of drug-likeness (QED) is 0.214. The van der Waals surface area contributed by atoms with Crippen molar-refractivity contribution in [3.63, 3.8) is 0 Å². The number of ether oxygens (including phenoxy) is 1. The molecule has 2 aromatic heterocycles. The molecule has 2 aliphatic heterocycles. The molecule has 1 atom stereocenters. The summed E-state index contributed by atoms with van der Waals surface area (Å²) < 4.78 is 37.4. The maximum absolute atomic E-state index is 15.6. The number of alkyl halides is 1. The number of imidazole rings is 1. The van der Waals surface area contributed by atoms with Gasteiger partial charge >= 0.3 is 6.09 Å². The third-order valence-corrected chi connectivity index (χ3v) is 9.61. The van der Waals surface area contributed by atoms with Crippen LogP contribution in [0, 0.1) is 5.82 Å². The van der Waals surface area contributed by atoms with Crippen LogP contribution in [0.2, 0.25) is 0 Å². The zero-order chi connectivity index (χ0) is 31.7. The van der Waals surface area contributed by atoms with Crippen molar-refractivity contribution in [3.05, 3.63) is 59.5 Å². The van der Waals surface area contributed by atoms with Crippen molar-refractivity contribution >= 4 is 38.5 Å². The van der Waals surface area contributed by atoms with Gasteiger partial charge in [-0.15, -0.1) is 0 Å². The second kappa shape index (κ2) is 13.0. The van der Waals surface area contributed by atoms with Gasteiger partial charge in [-0.25, -0.2) is 18.6 Å². The van der Waals surface area contributed by atoms with Gasteiger partial charge in [0, 0.05) is 43.5 Å². The minimum atomic E-state index is -0.679. The minimum Gasteiger partial charge on any atom is -0.444 e. The van der Waals surface area contributed by atoms with E-state index in [1.165, 1.54) is 17.4 Å². The van der Waals surface area contributed by atoms with Crippen LogP contribution in [0.3, 0.4) is 0 Å². The number of amides is 2. The molecule has 2 aliphatic rings. The topological polar surface area (TPSA) is 79.2 Å². The first kappa shape index (κ1) is 31.4. The third kappa shape index (κ3) is 7.14. The molecule has 6 rings (SSSR count). The number of thiazole rings is 1. The lowest BCUT2D eigenvalue weighted by Gasteiger charge is -2.37. The normalized spacial score (nSPS) is 18.5. The van der Waals surface area contributed by atoms with Crippen LogP contribution in [-0.2, 0) is 4.74 Å². The van der Waals surface area contributed by atoms with Gasteiger partial charge in [0.05, 0.1) is 22.0 Å². The first-order valence-electron chi connectivity index (χ1n) is 15.9.